The first-order valence-electron chi connectivity index (χ1n) is 8.49. The number of methoxy groups -OCH3 is 1. The van der Waals surface area contributed by atoms with Crippen molar-refractivity contribution in [1.82, 2.24) is 4.90 Å². The fourth-order valence-electron chi connectivity index (χ4n) is 3.10. The van der Waals surface area contributed by atoms with Crippen LogP contribution in [0.25, 0.3) is 0 Å². The Morgan fingerprint density at radius 2 is 2.12 bits per heavy atom. The summed E-state index contributed by atoms with van der Waals surface area (Å²) in [6.45, 7) is 4.67. The number of hydrogen-bond donors (Lipinski definition) is 1. The van der Waals surface area contributed by atoms with Crippen molar-refractivity contribution in [2.75, 3.05) is 32.1 Å². The van der Waals surface area contributed by atoms with Crippen molar-refractivity contribution in [2.45, 2.75) is 19.6 Å². The van der Waals surface area contributed by atoms with Crippen LogP contribution in [0.2, 0.25) is 0 Å². The maximum absolute atomic E-state index is 11.4. The molecule has 0 aliphatic carbocycles. The molecular formula is C20H24N2O3. The van der Waals surface area contributed by atoms with Gasteiger partial charge in [-0.15, -0.1) is 0 Å². The molecule has 1 fully saturated rings. The number of anilines is 1. The van der Waals surface area contributed by atoms with Crippen molar-refractivity contribution < 1.29 is 14.3 Å². The molecule has 1 heterocycles. The van der Waals surface area contributed by atoms with Gasteiger partial charge in [0.1, 0.15) is 5.75 Å². The first-order chi connectivity index (χ1) is 12.2. The molecule has 0 radical (unpaired) electrons. The SMILES string of the molecule is COc1cccc([C@H]2CN(Cc3ccccc3NC(C)=O)CCO2)c1. The quantitative estimate of drug-likeness (QED) is 0.908. The van der Waals surface area contributed by atoms with Gasteiger partial charge in [0, 0.05) is 32.2 Å². The topological polar surface area (TPSA) is 50.8 Å². The van der Waals surface area contributed by atoms with Crippen LogP contribution in [0.4, 0.5) is 5.69 Å². The number of hydrogen-bond acceptors (Lipinski definition) is 4. The molecule has 1 atom stereocenters. The maximum Gasteiger partial charge on any atom is 0.221 e. The molecule has 0 saturated carbocycles. The number of benzene rings is 2. The summed E-state index contributed by atoms with van der Waals surface area (Å²) in [5.74, 6) is 0.790. The highest BCUT2D eigenvalue weighted by Crippen LogP contribution is 2.27. The van der Waals surface area contributed by atoms with Crippen molar-refractivity contribution in [2.24, 2.45) is 0 Å². The predicted octanol–water partition coefficient (Wildman–Crippen LogP) is 3.23. The monoisotopic (exact) mass is 340 g/mol. The van der Waals surface area contributed by atoms with Crippen LogP contribution in [0.5, 0.6) is 5.75 Å². The molecule has 1 N–H and O–H groups in total. The van der Waals surface area contributed by atoms with E-state index in [0.29, 0.717) is 6.61 Å². The lowest BCUT2D eigenvalue weighted by Crippen LogP contribution is -2.38. The molecule has 1 aliphatic heterocycles. The second kappa shape index (κ2) is 8.14. The minimum Gasteiger partial charge on any atom is -0.497 e. The average molecular weight is 340 g/mol. The summed E-state index contributed by atoms with van der Waals surface area (Å²) in [5, 5.41) is 2.91. The number of para-hydroxylation sites is 1. The number of carbonyl (C=O) groups excluding carboxylic acids is 1. The minimum atomic E-state index is -0.0521. The molecule has 0 spiro atoms. The van der Waals surface area contributed by atoms with E-state index >= 15 is 0 Å². The van der Waals surface area contributed by atoms with Crippen molar-refractivity contribution >= 4 is 11.6 Å². The Balaban J connectivity index is 1.71. The molecule has 5 heteroatoms. The molecule has 5 nitrogen and oxygen atoms in total. The highest BCUT2D eigenvalue weighted by molar-refractivity contribution is 5.89. The van der Waals surface area contributed by atoms with Crippen molar-refractivity contribution in [3.05, 3.63) is 59.7 Å². The molecule has 0 unspecified atom stereocenters. The van der Waals surface area contributed by atoms with Gasteiger partial charge in [-0.25, -0.2) is 0 Å². The second-order valence-electron chi connectivity index (χ2n) is 6.21. The van der Waals surface area contributed by atoms with E-state index in [1.54, 1.807) is 7.11 Å². The van der Waals surface area contributed by atoms with E-state index in [-0.39, 0.29) is 12.0 Å². The summed E-state index contributed by atoms with van der Waals surface area (Å²) in [4.78, 5) is 13.8. The minimum absolute atomic E-state index is 0.0248. The second-order valence-corrected chi connectivity index (χ2v) is 6.21. The van der Waals surface area contributed by atoms with E-state index in [0.717, 1.165) is 42.2 Å². The fraction of sp³-hybridized carbons (Fsp3) is 0.350. The van der Waals surface area contributed by atoms with E-state index in [9.17, 15) is 4.79 Å². The van der Waals surface area contributed by atoms with Crippen molar-refractivity contribution in [3.63, 3.8) is 0 Å². The summed E-state index contributed by atoms with van der Waals surface area (Å²) >= 11 is 0. The third kappa shape index (κ3) is 4.59. The van der Waals surface area contributed by atoms with Gasteiger partial charge in [-0.3, -0.25) is 9.69 Å². The Labute approximate surface area is 148 Å². The molecule has 2 aromatic carbocycles. The van der Waals surface area contributed by atoms with E-state index in [2.05, 4.69) is 22.3 Å². The number of ether oxygens (including phenoxy) is 2. The molecule has 1 aliphatic rings. The van der Waals surface area contributed by atoms with E-state index in [1.165, 1.54) is 6.92 Å². The number of amides is 1. The van der Waals surface area contributed by atoms with Crippen LogP contribution in [0, 0.1) is 0 Å². The van der Waals surface area contributed by atoms with E-state index in [1.807, 2.05) is 36.4 Å². The zero-order valence-electron chi connectivity index (χ0n) is 14.7. The zero-order chi connectivity index (χ0) is 17.6. The van der Waals surface area contributed by atoms with Crippen LogP contribution in [-0.4, -0.2) is 37.6 Å². The lowest BCUT2D eigenvalue weighted by atomic mass is 10.1. The van der Waals surface area contributed by atoms with Crippen LogP contribution in [0.3, 0.4) is 0 Å². The van der Waals surface area contributed by atoms with Gasteiger partial charge in [0.25, 0.3) is 0 Å². The highest BCUT2D eigenvalue weighted by atomic mass is 16.5. The number of rotatable bonds is 5. The van der Waals surface area contributed by atoms with Crippen LogP contribution in [0.15, 0.2) is 48.5 Å². The number of nitrogens with one attached hydrogen (secondary N) is 1. The van der Waals surface area contributed by atoms with Gasteiger partial charge in [0.15, 0.2) is 0 Å². The Morgan fingerprint density at radius 3 is 2.92 bits per heavy atom. The van der Waals surface area contributed by atoms with Crippen molar-refractivity contribution in [3.8, 4) is 5.75 Å². The Morgan fingerprint density at radius 1 is 1.28 bits per heavy atom. The fourth-order valence-corrected chi connectivity index (χ4v) is 3.10. The predicted molar refractivity (Wildman–Crippen MR) is 97.7 cm³/mol. The summed E-state index contributed by atoms with van der Waals surface area (Å²) in [6, 6.07) is 16.0. The van der Waals surface area contributed by atoms with Crippen LogP contribution >= 0.6 is 0 Å². The van der Waals surface area contributed by atoms with Gasteiger partial charge in [-0.05, 0) is 29.3 Å². The van der Waals surface area contributed by atoms with Gasteiger partial charge >= 0.3 is 0 Å². The molecule has 1 amide bonds. The Hall–Kier alpha value is -2.37. The zero-order valence-corrected chi connectivity index (χ0v) is 14.7. The standard InChI is InChI=1S/C20H24N2O3/c1-15(23)21-19-9-4-3-6-17(19)13-22-10-11-25-20(14-22)16-7-5-8-18(12-16)24-2/h3-9,12,20H,10-11,13-14H2,1-2H3,(H,21,23)/t20-/m1/s1. The Kier molecular flexibility index (Phi) is 5.68. The molecular weight excluding hydrogens is 316 g/mol. The van der Waals surface area contributed by atoms with Crippen molar-refractivity contribution in [1.29, 1.82) is 0 Å². The molecule has 132 valence electrons. The van der Waals surface area contributed by atoms with Gasteiger partial charge in [0.2, 0.25) is 5.91 Å². The molecule has 3 rings (SSSR count). The normalized spacial score (nSPS) is 17.9. The average Bonchev–Trinajstić information content (AvgIpc) is 2.63. The smallest absolute Gasteiger partial charge is 0.221 e. The summed E-state index contributed by atoms with van der Waals surface area (Å²) < 4.78 is 11.3. The largest absolute Gasteiger partial charge is 0.497 e. The molecule has 0 aromatic heterocycles. The lowest BCUT2D eigenvalue weighted by molar-refractivity contribution is -0.114. The molecule has 2 aromatic rings. The number of carbonyl (C=O) groups is 1. The summed E-state index contributed by atoms with van der Waals surface area (Å²) in [5.41, 5.74) is 3.11. The lowest BCUT2D eigenvalue weighted by Gasteiger charge is -2.33. The van der Waals surface area contributed by atoms with E-state index < -0.39 is 0 Å². The summed E-state index contributed by atoms with van der Waals surface area (Å²) in [6.07, 6.45) is 0.0248. The first-order valence-corrected chi connectivity index (χ1v) is 8.49. The summed E-state index contributed by atoms with van der Waals surface area (Å²) in [7, 11) is 1.67. The number of morpholine rings is 1. The first kappa shape index (κ1) is 17.5. The molecule has 25 heavy (non-hydrogen) atoms. The van der Waals surface area contributed by atoms with Crippen LogP contribution < -0.4 is 10.1 Å². The van der Waals surface area contributed by atoms with Gasteiger partial charge in [0.05, 0.1) is 19.8 Å². The molecule has 1 saturated heterocycles. The maximum atomic E-state index is 11.4. The van der Waals surface area contributed by atoms with Crippen LogP contribution in [0.1, 0.15) is 24.2 Å². The number of nitrogens with zero attached hydrogens (tertiary/aromatic N) is 1. The Bertz CT molecular complexity index is 732. The van der Waals surface area contributed by atoms with Gasteiger partial charge in [-0.2, -0.15) is 0 Å². The van der Waals surface area contributed by atoms with Gasteiger partial charge in [-0.1, -0.05) is 30.3 Å². The third-order valence-electron chi connectivity index (χ3n) is 4.34. The third-order valence-corrected chi connectivity index (χ3v) is 4.34. The highest BCUT2D eigenvalue weighted by Gasteiger charge is 2.23. The van der Waals surface area contributed by atoms with Crippen LogP contribution in [-0.2, 0) is 16.1 Å². The van der Waals surface area contributed by atoms with E-state index in [4.69, 9.17) is 9.47 Å². The van der Waals surface area contributed by atoms with Gasteiger partial charge < -0.3 is 14.8 Å². The molecule has 0 bridgehead atoms.